The summed E-state index contributed by atoms with van der Waals surface area (Å²) in [6.45, 7) is 1.62. The van der Waals surface area contributed by atoms with Gasteiger partial charge in [-0.1, -0.05) is 12.1 Å². The molecule has 5 N–H and O–H groups in total. The van der Waals surface area contributed by atoms with Crippen molar-refractivity contribution in [3.63, 3.8) is 0 Å². The molecule has 3 rings (SSSR count). The lowest BCUT2D eigenvalue weighted by atomic mass is 9.94. The predicted molar refractivity (Wildman–Crippen MR) is 97.7 cm³/mol. The number of β-amino-alcohol motifs (C(OH)–C–C–N with tert-alkyl or cyclic N) is 1. The third-order valence-corrected chi connectivity index (χ3v) is 5.30. The Labute approximate surface area is 150 Å². The number of aliphatic hydroxyl groups is 1. The van der Waals surface area contributed by atoms with E-state index in [1.807, 2.05) is 17.5 Å². The standard InChI is InChI=1S/C18H21N3O3S/c19-16(22)15-8-14(9-25-15)12-2-4-13(5-3-12)17(23)21-11-18(24)6-1-7-20-10-18/h2-5,8-9,20,24H,1,6-7,10-11H2,(H2,19,22)(H,21,23). The quantitative estimate of drug-likeness (QED) is 0.647. The van der Waals surface area contributed by atoms with Crippen LogP contribution in [0.2, 0.25) is 0 Å². The van der Waals surface area contributed by atoms with Crippen LogP contribution in [0.4, 0.5) is 0 Å². The zero-order valence-corrected chi connectivity index (χ0v) is 14.6. The molecule has 1 aliphatic heterocycles. The average molecular weight is 359 g/mol. The number of primary amides is 1. The number of amides is 2. The second kappa shape index (κ2) is 7.35. The van der Waals surface area contributed by atoms with E-state index in [0.29, 0.717) is 23.4 Å². The van der Waals surface area contributed by atoms with Gasteiger partial charge in [0.1, 0.15) is 0 Å². The number of nitrogens with two attached hydrogens (primary N) is 1. The topological polar surface area (TPSA) is 104 Å². The van der Waals surface area contributed by atoms with Crippen molar-refractivity contribution in [2.45, 2.75) is 18.4 Å². The van der Waals surface area contributed by atoms with E-state index < -0.39 is 11.5 Å². The first-order valence-corrected chi connectivity index (χ1v) is 9.05. The Kier molecular flexibility index (Phi) is 5.17. The Hall–Kier alpha value is -2.22. The lowest BCUT2D eigenvalue weighted by Gasteiger charge is -2.32. The highest BCUT2D eigenvalue weighted by atomic mass is 32.1. The molecule has 1 unspecified atom stereocenters. The smallest absolute Gasteiger partial charge is 0.258 e. The fraction of sp³-hybridized carbons (Fsp3) is 0.333. The Balaban J connectivity index is 1.63. The average Bonchev–Trinajstić information content (AvgIpc) is 3.11. The van der Waals surface area contributed by atoms with Crippen LogP contribution in [0.3, 0.4) is 0 Å². The molecule has 6 nitrogen and oxygen atoms in total. The number of hydrogen-bond donors (Lipinski definition) is 4. The summed E-state index contributed by atoms with van der Waals surface area (Å²) in [7, 11) is 0. The van der Waals surface area contributed by atoms with Crippen LogP contribution in [-0.4, -0.2) is 42.2 Å². The summed E-state index contributed by atoms with van der Waals surface area (Å²) in [5.74, 6) is -0.656. The number of benzene rings is 1. The van der Waals surface area contributed by atoms with Crippen molar-refractivity contribution in [2.24, 2.45) is 5.73 Å². The Morgan fingerprint density at radius 1 is 1.28 bits per heavy atom. The number of thiophene rings is 1. The summed E-state index contributed by atoms with van der Waals surface area (Å²) < 4.78 is 0. The van der Waals surface area contributed by atoms with Gasteiger partial charge in [0, 0.05) is 18.7 Å². The van der Waals surface area contributed by atoms with E-state index in [1.165, 1.54) is 11.3 Å². The van der Waals surface area contributed by atoms with Gasteiger partial charge in [0.05, 0.1) is 10.5 Å². The zero-order chi connectivity index (χ0) is 17.9. The van der Waals surface area contributed by atoms with Gasteiger partial charge in [0.2, 0.25) is 0 Å². The molecule has 132 valence electrons. The summed E-state index contributed by atoms with van der Waals surface area (Å²) in [4.78, 5) is 23.9. The summed E-state index contributed by atoms with van der Waals surface area (Å²) in [6, 6.07) is 8.87. The van der Waals surface area contributed by atoms with Gasteiger partial charge in [-0.05, 0) is 54.1 Å². The van der Waals surface area contributed by atoms with Crippen molar-refractivity contribution >= 4 is 23.2 Å². The fourth-order valence-electron chi connectivity index (χ4n) is 2.88. The highest BCUT2D eigenvalue weighted by Gasteiger charge is 2.29. The third kappa shape index (κ3) is 4.25. The van der Waals surface area contributed by atoms with Crippen LogP contribution in [-0.2, 0) is 0 Å². The maximum atomic E-state index is 12.3. The van der Waals surface area contributed by atoms with E-state index in [2.05, 4.69) is 10.6 Å². The van der Waals surface area contributed by atoms with Gasteiger partial charge in [-0.3, -0.25) is 9.59 Å². The molecule has 25 heavy (non-hydrogen) atoms. The van der Waals surface area contributed by atoms with Crippen LogP contribution < -0.4 is 16.4 Å². The predicted octanol–water partition coefficient (Wildman–Crippen LogP) is 1.36. The van der Waals surface area contributed by atoms with Crippen molar-refractivity contribution < 1.29 is 14.7 Å². The van der Waals surface area contributed by atoms with E-state index in [4.69, 9.17) is 5.73 Å². The van der Waals surface area contributed by atoms with Crippen molar-refractivity contribution in [2.75, 3.05) is 19.6 Å². The minimum Gasteiger partial charge on any atom is -0.387 e. The van der Waals surface area contributed by atoms with Crippen molar-refractivity contribution in [3.05, 3.63) is 46.2 Å². The normalized spacial score (nSPS) is 20.2. The zero-order valence-electron chi connectivity index (χ0n) is 13.7. The van der Waals surface area contributed by atoms with Crippen molar-refractivity contribution in [3.8, 4) is 11.1 Å². The number of rotatable bonds is 5. The first kappa shape index (κ1) is 17.6. The molecule has 1 fully saturated rings. The monoisotopic (exact) mass is 359 g/mol. The van der Waals surface area contributed by atoms with E-state index >= 15 is 0 Å². The number of carbonyl (C=O) groups excluding carboxylic acids is 2. The summed E-state index contributed by atoms with van der Waals surface area (Å²) in [5.41, 5.74) is 6.73. The summed E-state index contributed by atoms with van der Waals surface area (Å²) in [5, 5.41) is 18.2. The largest absolute Gasteiger partial charge is 0.387 e. The maximum absolute atomic E-state index is 12.3. The van der Waals surface area contributed by atoms with Crippen molar-refractivity contribution in [1.82, 2.24) is 10.6 Å². The Morgan fingerprint density at radius 2 is 2.04 bits per heavy atom. The maximum Gasteiger partial charge on any atom is 0.258 e. The van der Waals surface area contributed by atoms with Crippen LogP contribution >= 0.6 is 11.3 Å². The Bertz CT molecular complexity index is 764. The molecule has 0 bridgehead atoms. The van der Waals surface area contributed by atoms with Gasteiger partial charge >= 0.3 is 0 Å². The molecular formula is C18H21N3O3S. The number of piperidine rings is 1. The molecule has 0 saturated carbocycles. The SMILES string of the molecule is NC(=O)c1cc(-c2ccc(C(=O)NCC3(O)CCCNC3)cc2)cs1. The van der Waals surface area contributed by atoms with Gasteiger partial charge in [-0.2, -0.15) is 0 Å². The lowest BCUT2D eigenvalue weighted by molar-refractivity contribution is 0.0170. The fourth-order valence-corrected chi connectivity index (χ4v) is 3.65. The molecule has 1 atom stereocenters. The molecule has 7 heteroatoms. The van der Waals surface area contributed by atoms with Crippen molar-refractivity contribution in [1.29, 1.82) is 0 Å². The van der Waals surface area contributed by atoms with E-state index in [0.717, 1.165) is 24.1 Å². The third-order valence-electron chi connectivity index (χ3n) is 4.35. The minimum atomic E-state index is -0.879. The summed E-state index contributed by atoms with van der Waals surface area (Å²) >= 11 is 1.30. The first-order valence-electron chi connectivity index (χ1n) is 8.17. The number of hydrogen-bond acceptors (Lipinski definition) is 5. The van der Waals surface area contributed by atoms with E-state index in [-0.39, 0.29) is 12.5 Å². The molecular weight excluding hydrogens is 338 g/mol. The lowest BCUT2D eigenvalue weighted by Crippen LogP contribution is -2.52. The molecule has 1 saturated heterocycles. The minimum absolute atomic E-state index is 0.214. The molecule has 1 aromatic heterocycles. The first-order chi connectivity index (χ1) is 12.0. The molecule has 0 spiro atoms. The van der Waals surface area contributed by atoms with Gasteiger partial charge < -0.3 is 21.5 Å². The highest BCUT2D eigenvalue weighted by molar-refractivity contribution is 7.12. The summed E-state index contributed by atoms with van der Waals surface area (Å²) in [6.07, 6.45) is 1.58. The molecule has 1 aliphatic rings. The van der Waals surface area contributed by atoms with Crippen LogP contribution in [0.5, 0.6) is 0 Å². The molecule has 2 aromatic rings. The second-order valence-electron chi connectivity index (χ2n) is 6.33. The van der Waals surface area contributed by atoms with E-state index in [9.17, 15) is 14.7 Å². The van der Waals surface area contributed by atoms with Gasteiger partial charge in [-0.15, -0.1) is 11.3 Å². The van der Waals surface area contributed by atoms with E-state index in [1.54, 1.807) is 18.2 Å². The van der Waals surface area contributed by atoms with Crippen LogP contribution in [0.15, 0.2) is 35.7 Å². The van der Waals surface area contributed by atoms with Crippen LogP contribution in [0.25, 0.3) is 11.1 Å². The van der Waals surface area contributed by atoms with Gasteiger partial charge in [0.25, 0.3) is 11.8 Å². The van der Waals surface area contributed by atoms with Gasteiger partial charge in [0.15, 0.2) is 0 Å². The number of nitrogens with one attached hydrogen (secondary N) is 2. The molecule has 2 amide bonds. The second-order valence-corrected chi connectivity index (χ2v) is 7.24. The molecule has 0 aliphatic carbocycles. The van der Waals surface area contributed by atoms with Gasteiger partial charge in [-0.25, -0.2) is 0 Å². The van der Waals surface area contributed by atoms with Crippen LogP contribution in [0.1, 0.15) is 32.9 Å². The Morgan fingerprint density at radius 3 is 2.64 bits per heavy atom. The number of carbonyl (C=O) groups is 2. The molecule has 0 radical (unpaired) electrons. The van der Waals surface area contributed by atoms with Crippen LogP contribution in [0, 0.1) is 0 Å². The molecule has 1 aromatic carbocycles. The molecule has 2 heterocycles. The highest BCUT2D eigenvalue weighted by Crippen LogP contribution is 2.25.